The number of ether oxygens (including phenoxy) is 1. The lowest BCUT2D eigenvalue weighted by Gasteiger charge is -2.14. The molecule has 110 valence electrons. The highest BCUT2D eigenvalue weighted by atomic mass is 79.9. The van der Waals surface area contributed by atoms with Crippen molar-refractivity contribution in [3.05, 3.63) is 22.2 Å². The summed E-state index contributed by atoms with van der Waals surface area (Å²) in [6, 6.07) is 2.72. The third kappa shape index (κ3) is 3.27. The molecule has 1 aliphatic rings. The van der Waals surface area contributed by atoms with Gasteiger partial charge in [0.15, 0.2) is 5.75 Å². The molecule has 1 aliphatic carbocycles. The maximum absolute atomic E-state index is 12.1. The standard InChI is InChI=1S/C12H13BrClNO4S/c1-12(3-4-12)15-11(16)7-5-8(13)10(19-2)9(6-7)20(14,17)18/h5-6H,3-4H2,1-2H3,(H,15,16). The van der Waals surface area contributed by atoms with E-state index in [0.29, 0.717) is 4.47 Å². The number of hydrogen-bond acceptors (Lipinski definition) is 4. The molecule has 0 bridgehead atoms. The summed E-state index contributed by atoms with van der Waals surface area (Å²) in [5, 5.41) is 2.85. The molecule has 0 atom stereocenters. The molecule has 1 saturated carbocycles. The Balaban J connectivity index is 2.45. The van der Waals surface area contributed by atoms with Crippen molar-refractivity contribution >= 4 is 41.6 Å². The highest BCUT2D eigenvalue weighted by molar-refractivity contribution is 9.10. The Kier molecular flexibility index (Phi) is 4.05. The summed E-state index contributed by atoms with van der Waals surface area (Å²) in [6.45, 7) is 1.93. The molecule has 0 radical (unpaired) electrons. The van der Waals surface area contributed by atoms with Crippen LogP contribution in [0.3, 0.4) is 0 Å². The van der Waals surface area contributed by atoms with Crippen molar-refractivity contribution in [2.45, 2.75) is 30.2 Å². The summed E-state index contributed by atoms with van der Waals surface area (Å²) in [7, 11) is 2.69. The number of hydrogen-bond donors (Lipinski definition) is 1. The van der Waals surface area contributed by atoms with Crippen LogP contribution in [0.4, 0.5) is 0 Å². The summed E-state index contributed by atoms with van der Waals surface area (Å²) in [5.74, 6) is -0.260. The maximum Gasteiger partial charge on any atom is 0.265 e. The fourth-order valence-electron chi connectivity index (χ4n) is 1.74. The van der Waals surface area contributed by atoms with Crippen LogP contribution in [0.2, 0.25) is 0 Å². The molecule has 1 N–H and O–H groups in total. The monoisotopic (exact) mass is 381 g/mol. The average molecular weight is 383 g/mol. The molecular weight excluding hydrogens is 370 g/mol. The minimum atomic E-state index is -4.01. The normalized spacial score (nSPS) is 16.6. The van der Waals surface area contributed by atoms with Crippen LogP contribution in [0.1, 0.15) is 30.1 Å². The number of halogens is 2. The smallest absolute Gasteiger partial charge is 0.265 e. The number of amides is 1. The van der Waals surface area contributed by atoms with Crippen LogP contribution in [0.5, 0.6) is 5.75 Å². The maximum atomic E-state index is 12.1. The van der Waals surface area contributed by atoms with Crippen molar-refractivity contribution in [1.82, 2.24) is 5.32 Å². The molecule has 1 fully saturated rings. The first-order chi connectivity index (χ1) is 9.16. The van der Waals surface area contributed by atoms with E-state index in [1.807, 2.05) is 6.92 Å². The predicted molar refractivity (Wildman–Crippen MR) is 78.8 cm³/mol. The van der Waals surface area contributed by atoms with Gasteiger partial charge in [-0.25, -0.2) is 8.42 Å². The molecule has 0 saturated heterocycles. The van der Waals surface area contributed by atoms with Crippen LogP contribution in [0.25, 0.3) is 0 Å². The van der Waals surface area contributed by atoms with E-state index < -0.39 is 9.05 Å². The molecule has 0 heterocycles. The van der Waals surface area contributed by atoms with Crippen molar-refractivity contribution in [1.29, 1.82) is 0 Å². The number of carbonyl (C=O) groups excluding carboxylic acids is 1. The Morgan fingerprint density at radius 2 is 2.05 bits per heavy atom. The third-order valence-electron chi connectivity index (χ3n) is 3.15. The molecule has 20 heavy (non-hydrogen) atoms. The molecule has 0 aromatic heterocycles. The fraction of sp³-hybridized carbons (Fsp3) is 0.417. The van der Waals surface area contributed by atoms with Crippen LogP contribution in [-0.4, -0.2) is 27.0 Å². The zero-order valence-corrected chi connectivity index (χ0v) is 14.0. The van der Waals surface area contributed by atoms with Gasteiger partial charge in [0.25, 0.3) is 15.0 Å². The molecule has 0 unspecified atom stereocenters. The van der Waals surface area contributed by atoms with Gasteiger partial charge < -0.3 is 10.1 Å². The van der Waals surface area contributed by atoms with Gasteiger partial charge >= 0.3 is 0 Å². The number of methoxy groups -OCH3 is 1. The zero-order valence-electron chi connectivity index (χ0n) is 10.9. The van der Waals surface area contributed by atoms with Crippen LogP contribution < -0.4 is 10.1 Å². The quantitative estimate of drug-likeness (QED) is 0.813. The van der Waals surface area contributed by atoms with E-state index in [9.17, 15) is 13.2 Å². The second-order valence-electron chi connectivity index (χ2n) is 4.94. The Bertz CT molecular complexity index is 670. The summed E-state index contributed by atoms with van der Waals surface area (Å²) in [4.78, 5) is 11.9. The Hall–Kier alpha value is -0.790. The topological polar surface area (TPSA) is 72.5 Å². The lowest BCUT2D eigenvalue weighted by molar-refractivity contribution is 0.0935. The Morgan fingerprint density at radius 3 is 2.50 bits per heavy atom. The Labute approximate surface area is 130 Å². The minimum absolute atomic E-state index is 0.0779. The molecule has 5 nitrogen and oxygen atoms in total. The van der Waals surface area contributed by atoms with Gasteiger partial charge in [-0.2, -0.15) is 0 Å². The second kappa shape index (κ2) is 5.20. The van der Waals surface area contributed by atoms with E-state index in [2.05, 4.69) is 21.2 Å². The van der Waals surface area contributed by atoms with E-state index in [1.165, 1.54) is 19.2 Å². The highest BCUT2D eigenvalue weighted by Gasteiger charge is 2.39. The van der Waals surface area contributed by atoms with Crippen molar-refractivity contribution < 1.29 is 17.9 Å². The lowest BCUT2D eigenvalue weighted by atomic mass is 10.2. The van der Waals surface area contributed by atoms with Crippen molar-refractivity contribution in [3.63, 3.8) is 0 Å². The van der Waals surface area contributed by atoms with Gasteiger partial charge in [-0.1, -0.05) is 0 Å². The second-order valence-corrected chi connectivity index (χ2v) is 8.33. The summed E-state index contributed by atoms with van der Waals surface area (Å²) in [5.41, 5.74) is 0.0220. The molecular formula is C12H13BrClNO4S. The van der Waals surface area contributed by atoms with E-state index >= 15 is 0 Å². The summed E-state index contributed by atoms with van der Waals surface area (Å²) >= 11 is 3.19. The van der Waals surface area contributed by atoms with Gasteiger partial charge in [0, 0.05) is 21.8 Å². The number of nitrogens with one attached hydrogen (secondary N) is 1. The summed E-state index contributed by atoms with van der Waals surface area (Å²) in [6.07, 6.45) is 1.83. The molecule has 0 aliphatic heterocycles. The Morgan fingerprint density at radius 1 is 1.45 bits per heavy atom. The summed E-state index contributed by atoms with van der Waals surface area (Å²) < 4.78 is 28.5. The first-order valence-corrected chi connectivity index (χ1v) is 8.91. The van der Waals surface area contributed by atoms with Gasteiger partial charge in [0.1, 0.15) is 4.90 Å². The molecule has 1 aromatic rings. The van der Waals surface area contributed by atoms with E-state index in [0.717, 1.165) is 12.8 Å². The van der Waals surface area contributed by atoms with Gasteiger partial charge in [-0.05, 0) is 47.8 Å². The van der Waals surface area contributed by atoms with Crippen molar-refractivity contribution in [3.8, 4) is 5.75 Å². The predicted octanol–water partition coefficient (Wildman–Crippen LogP) is 2.67. The first kappa shape index (κ1) is 15.6. The largest absolute Gasteiger partial charge is 0.494 e. The molecule has 0 spiro atoms. The average Bonchev–Trinajstić information content (AvgIpc) is 3.04. The van der Waals surface area contributed by atoms with E-state index in [4.69, 9.17) is 15.4 Å². The SMILES string of the molecule is COc1c(Br)cc(C(=O)NC2(C)CC2)cc1S(=O)(=O)Cl. The number of carbonyl (C=O) groups is 1. The molecule has 2 rings (SSSR count). The molecule has 1 aromatic carbocycles. The van der Waals surface area contributed by atoms with Crippen molar-refractivity contribution in [2.24, 2.45) is 0 Å². The number of benzene rings is 1. The first-order valence-electron chi connectivity index (χ1n) is 5.81. The lowest BCUT2D eigenvalue weighted by Crippen LogP contribution is -2.34. The minimum Gasteiger partial charge on any atom is -0.494 e. The van der Waals surface area contributed by atoms with Crippen LogP contribution in [0, 0.1) is 0 Å². The third-order valence-corrected chi connectivity index (χ3v) is 5.07. The highest BCUT2D eigenvalue weighted by Crippen LogP contribution is 2.37. The van der Waals surface area contributed by atoms with Crippen LogP contribution in [0.15, 0.2) is 21.5 Å². The van der Waals surface area contributed by atoms with Gasteiger partial charge in [0.05, 0.1) is 11.6 Å². The van der Waals surface area contributed by atoms with E-state index in [1.54, 1.807) is 0 Å². The van der Waals surface area contributed by atoms with E-state index in [-0.39, 0.29) is 27.7 Å². The van der Waals surface area contributed by atoms with Crippen LogP contribution in [-0.2, 0) is 9.05 Å². The zero-order chi connectivity index (χ0) is 15.1. The van der Waals surface area contributed by atoms with Gasteiger partial charge in [0.2, 0.25) is 0 Å². The van der Waals surface area contributed by atoms with Crippen LogP contribution >= 0.6 is 26.6 Å². The molecule has 8 heteroatoms. The molecule has 1 amide bonds. The van der Waals surface area contributed by atoms with Crippen molar-refractivity contribution in [2.75, 3.05) is 7.11 Å². The fourth-order valence-corrected chi connectivity index (χ4v) is 3.52. The van der Waals surface area contributed by atoms with Gasteiger partial charge in [-0.3, -0.25) is 4.79 Å². The number of rotatable bonds is 4. The van der Waals surface area contributed by atoms with Gasteiger partial charge in [-0.15, -0.1) is 0 Å².